The molecule has 1 saturated carbocycles. The summed E-state index contributed by atoms with van der Waals surface area (Å²) < 4.78 is 53.1. The number of alkyl halides is 3. The van der Waals surface area contributed by atoms with Gasteiger partial charge in [-0.05, 0) is 30.5 Å². The van der Waals surface area contributed by atoms with Gasteiger partial charge in [-0.15, -0.1) is 0 Å². The van der Waals surface area contributed by atoms with Crippen LogP contribution in [0.4, 0.5) is 17.6 Å². The highest BCUT2D eigenvalue weighted by molar-refractivity contribution is 6.30. The van der Waals surface area contributed by atoms with E-state index in [1.54, 1.807) is 0 Å². The lowest BCUT2D eigenvalue weighted by atomic mass is 10.0. The number of aromatic amines is 1. The van der Waals surface area contributed by atoms with Crippen LogP contribution in [-0.2, 0) is 12.6 Å². The summed E-state index contributed by atoms with van der Waals surface area (Å²) in [6.45, 7) is 0. The molecule has 1 N–H and O–H groups in total. The van der Waals surface area contributed by atoms with Gasteiger partial charge in [-0.25, -0.2) is 9.37 Å². The van der Waals surface area contributed by atoms with Crippen molar-refractivity contribution in [2.24, 2.45) is 0 Å². The quantitative estimate of drug-likeness (QED) is 0.852. The Bertz CT molecular complexity index is 812. The zero-order chi connectivity index (χ0) is 16.8. The maximum Gasteiger partial charge on any atom is 0.433 e. The fourth-order valence-electron chi connectivity index (χ4n) is 2.32. The maximum absolute atomic E-state index is 13.4. The molecule has 1 fully saturated rings. The van der Waals surface area contributed by atoms with E-state index < -0.39 is 28.8 Å². The molecule has 23 heavy (non-hydrogen) atoms. The second kappa shape index (κ2) is 5.63. The summed E-state index contributed by atoms with van der Waals surface area (Å²) in [5.74, 6) is -0.809. The van der Waals surface area contributed by atoms with E-state index in [1.165, 1.54) is 12.1 Å². The minimum absolute atomic E-state index is 0.0633. The van der Waals surface area contributed by atoms with Crippen LogP contribution in [0.25, 0.3) is 0 Å². The van der Waals surface area contributed by atoms with E-state index in [0.29, 0.717) is 12.8 Å². The minimum Gasteiger partial charge on any atom is -0.310 e. The van der Waals surface area contributed by atoms with E-state index in [1.807, 2.05) is 0 Å². The van der Waals surface area contributed by atoms with Gasteiger partial charge in [-0.2, -0.15) is 13.2 Å². The van der Waals surface area contributed by atoms with Crippen LogP contribution < -0.4 is 5.56 Å². The van der Waals surface area contributed by atoms with Gasteiger partial charge in [0.05, 0.1) is 10.6 Å². The van der Waals surface area contributed by atoms with Gasteiger partial charge < -0.3 is 4.98 Å². The SMILES string of the molecule is O=c1[nH]c(C2CC2)nc(C(F)(F)F)c1Cc1ccc(Cl)c(F)c1. The van der Waals surface area contributed by atoms with Crippen LogP contribution in [0.15, 0.2) is 23.0 Å². The van der Waals surface area contributed by atoms with Crippen LogP contribution in [0, 0.1) is 5.82 Å². The van der Waals surface area contributed by atoms with Crippen molar-refractivity contribution in [1.82, 2.24) is 9.97 Å². The summed E-state index contributed by atoms with van der Waals surface area (Å²) in [7, 11) is 0. The monoisotopic (exact) mass is 346 g/mol. The molecular weight excluding hydrogens is 336 g/mol. The van der Waals surface area contributed by atoms with E-state index >= 15 is 0 Å². The van der Waals surface area contributed by atoms with E-state index in [-0.39, 0.29) is 28.7 Å². The lowest BCUT2D eigenvalue weighted by Crippen LogP contribution is -2.25. The molecule has 122 valence electrons. The highest BCUT2D eigenvalue weighted by Gasteiger charge is 2.39. The fraction of sp³-hybridized carbons (Fsp3) is 0.333. The van der Waals surface area contributed by atoms with Crippen LogP contribution in [0.3, 0.4) is 0 Å². The Morgan fingerprint density at radius 1 is 1.30 bits per heavy atom. The topological polar surface area (TPSA) is 45.8 Å². The molecule has 2 aromatic rings. The van der Waals surface area contributed by atoms with Gasteiger partial charge in [0.1, 0.15) is 11.6 Å². The molecule has 1 heterocycles. The number of benzene rings is 1. The molecule has 0 saturated heterocycles. The van der Waals surface area contributed by atoms with Crippen molar-refractivity contribution in [3.8, 4) is 0 Å². The predicted octanol–water partition coefficient (Wildman–Crippen LogP) is 4.05. The van der Waals surface area contributed by atoms with Gasteiger partial charge in [0, 0.05) is 12.3 Å². The molecular formula is C15H11ClF4N2O. The van der Waals surface area contributed by atoms with Crippen molar-refractivity contribution in [2.75, 3.05) is 0 Å². The molecule has 0 aliphatic heterocycles. The number of halogens is 5. The smallest absolute Gasteiger partial charge is 0.310 e. The first kappa shape index (κ1) is 16.0. The predicted molar refractivity (Wildman–Crippen MR) is 76.1 cm³/mol. The summed E-state index contributed by atoms with van der Waals surface area (Å²) in [5.41, 5.74) is -2.37. The number of aromatic nitrogens is 2. The summed E-state index contributed by atoms with van der Waals surface area (Å²) in [6, 6.07) is 3.62. The Morgan fingerprint density at radius 3 is 2.57 bits per heavy atom. The van der Waals surface area contributed by atoms with Gasteiger partial charge in [0.15, 0.2) is 5.69 Å². The second-order valence-corrected chi connectivity index (χ2v) is 5.88. The van der Waals surface area contributed by atoms with Crippen LogP contribution >= 0.6 is 11.6 Å². The van der Waals surface area contributed by atoms with Crippen LogP contribution in [0.5, 0.6) is 0 Å². The Hall–Kier alpha value is -1.89. The van der Waals surface area contributed by atoms with E-state index in [4.69, 9.17) is 11.6 Å². The third-order valence-corrected chi connectivity index (χ3v) is 3.94. The molecule has 0 amide bonds. The van der Waals surface area contributed by atoms with Crippen molar-refractivity contribution in [3.63, 3.8) is 0 Å². The zero-order valence-electron chi connectivity index (χ0n) is 11.7. The van der Waals surface area contributed by atoms with Gasteiger partial charge in [0.25, 0.3) is 5.56 Å². The largest absolute Gasteiger partial charge is 0.433 e. The number of hydrogen-bond acceptors (Lipinski definition) is 2. The highest BCUT2D eigenvalue weighted by atomic mass is 35.5. The van der Waals surface area contributed by atoms with Gasteiger partial charge in [-0.3, -0.25) is 4.79 Å². The third kappa shape index (κ3) is 3.39. The van der Waals surface area contributed by atoms with E-state index in [9.17, 15) is 22.4 Å². The Kier molecular flexibility index (Phi) is 3.91. The number of H-pyrrole nitrogens is 1. The summed E-state index contributed by atoms with van der Waals surface area (Å²) in [6.07, 6.45) is -3.71. The Labute approximate surface area is 133 Å². The molecule has 0 bridgehead atoms. The standard InChI is InChI=1S/C15H11ClF4N2O/c16-10-4-1-7(6-11(10)17)5-9-12(15(18,19)20)21-13(8-2-3-8)22-14(9)23/h1,4,6,8H,2-3,5H2,(H,21,22,23). The Balaban J connectivity index is 2.06. The molecule has 1 aromatic heterocycles. The van der Waals surface area contributed by atoms with Crippen molar-refractivity contribution in [2.45, 2.75) is 31.4 Å². The Morgan fingerprint density at radius 2 is 2.00 bits per heavy atom. The zero-order valence-corrected chi connectivity index (χ0v) is 12.4. The number of nitrogens with one attached hydrogen (secondary N) is 1. The molecule has 0 spiro atoms. The average molecular weight is 347 g/mol. The molecule has 0 unspecified atom stereocenters. The molecule has 0 atom stereocenters. The van der Waals surface area contributed by atoms with Crippen molar-refractivity contribution in [1.29, 1.82) is 0 Å². The molecule has 1 aromatic carbocycles. The fourth-order valence-corrected chi connectivity index (χ4v) is 2.44. The summed E-state index contributed by atoms with van der Waals surface area (Å²) in [4.78, 5) is 18.1. The summed E-state index contributed by atoms with van der Waals surface area (Å²) >= 11 is 5.55. The molecule has 1 aliphatic carbocycles. The number of rotatable bonds is 3. The first-order valence-corrected chi connectivity index (χ1v) is 7.27. The van der Waals surface area contributed by atoms with Crippen LogP contribution in [0.1, 0.15) is 41.4 Å². The van der Waals surface area contributed by atoms with Gasteiger partial charge >= 0.3 is 6.18 Å². The van der Waals surface area contributed by atoms with Crippen LogP contribution in [0.2, 0.25) is 5.02 Å². The first-order valence-electron chi connectivity index (χ1n) is 6.90. The molecule has 3 rings (SSSR count). The lowest BCUT2D eigenvalue weighted by Gasteiger charge is -2.13. The molecule has 8 heteroatoms. The van der Waals surface area contributed by atoms with Crippen molar-refractivity contribution in [3.05, 3.63) is 62.0 Å². The van der Waals surface area contributed by atoms with Crippen molar-refractivity contribution >= 4 is 11.6 Å². The molecule has 3 nitrogen and oxygen atoms in total. The van der Waals surface area contributed by atoms with Crippen molar-refractivity contribution < 1.29 is 17.6 Å². The normalized spacial score (nSPS) is 15.0. The second-order valence-electron chi connectivity index (χ2n) is 5.48. The maximum atomic E-state index is 13.4. The van der Waals surface area contributed by atoms with E-state index in [0.717, 1.165) is 6.07 Å². The third-order valence-electron chi connectivity index (χ3n) is 3.63. The summed E-state index contributed by atoms with van der Waals surface area (Å²) in [5, 5.41) is -0.138. The lowest BCUT2D eigenvalue weighted by molar-refractivity contribution is -0.142. The number of hydrogen-bond donors (Lipinski definition) is 1. The minimum atomic E-state index is -4.75. The average Bonchev–Trinajstić information content (AvgIpc) is 3.28. The van der Waals surface area contributed by atoms with Gasteiger partial charge in [-0.1, -0.05) is 17.7 Å². The highest BCUT2D eigenvalue weighted by Crippen LogP contribution is 2.39. The number of nitrogens with zero attached hydrogens (tertiary/aromatic N) is 1. The molecule has 0 radical (unpaired) electrons. The molecule has 1 aliphatic rings. The van der Waals surface area contributed by atoms with Gasteiger partial charge in [0.2, 0.25) is 0 Å². The first-order chi connectivity index (χ1) is 10.8. The van der Waals surface area contributed by atoms with Crippen LogP contribution in [-0.4, -0.2) is 9.97 Å². The van der Waals surface area contributed by atoms with E-state index in [2.05, 4.69) is 9.97 Å².